The molecule has 1 saturated carbocycles. The quantitative estimate of drug-likeness (QED) is 0.777. The maximum absolute atomic E-state index is 12.8. The summed E-state index contributed by atoms with van der Waals surface area (Å²) in [6, 6.07) is 15.6. The topological polar surface area (TPSA) is 75.3 Å². The average molecular weight is 421 g/mol. The van der Waals surface area contributed by atoms with Gasteiger partial charge in [-0.15, -0.1) is 12.4 Å². The standard InChI is InChI=1S/C21H24N2O3S.ClH/c24-20(18-14-21(18)10-12-22-13-11-21)23-19-9-5-4-6-16(19)15-27(25,26)17-7-2-1-3-8-17;/h1-9,18,22H,10-15H2,(H,23,24);1H. The molecule has 7 heteroatoms. The lowest BCUT2D eigenvalue weighted by atomic mass is 9.91. The predicted molar refractivity (Wildman–Crippen MR) is 112 cm³/mol. The van der Waals surface area contributed by atoms with Crippen LogP contribution in [0.25, 0.3) is 0 Å². The molecule has 2 fully saturated rings. The molecule has 0 bridgehead atoms. The largest absolute Gasteiger partial charge is 0.326 e. The van der Waals surface area contributed by atoms with E-state index < -0.39 is 9.84 Å². The van der Waals surface area contributed by atoms with Crippen LogP contribution in [0.4, 0.5) is 5.69 Å². The lowest BCUT2D eigenvalue weighted by Gasteiger charge is -2.23. The van der Waals surface area contributed by atoms with E-state index in [-0.39, 0.29) is 35.4 Å². The molecule has 2 aromatic rings. The number of piperidine rings is 1. The Morgan fingerprint density at radius 2 is 1.68 bits per heavy atom. The molecular weight excluding hydrogens is 396 g/mol. The van der Waals surface area contributed by atoms with Crippen molar-refractivity contribution < 1.29 is 13.2 Å². The van der Waals surface area contributed by atoms with Gasteiger partial charge in [0.2, 0.25) is 5.91 Å². The van der Waals surface area contributed by atoms with Crippen molar-refractivity contribution in [3.05, 3.63) is 60.2 Å². The van der Waals surface area contributed by atoms with Gasteiger partial charge in [0.25, 0.3) is 0 Å². The van der Waals surface area contributed by atoms with E-state index in [1.54, 1.807) is 48.5 Å². The summed E-state index contributed by atoms with van der Waals surface area (Å²) < 4.78 is 25.4. The molecular formula is C21H25ClN2O3S. The summed E-state index contributed by atoms with van der Waals surface area (Å²) in [6.07, 6.45) is 3.01. The second-order valence-corrected chi connectivity index (χ2v) is 9.58. The highest BCUT2D eigenvalue weighted by Gasteiger charge is 2.57. The number of anilines is 1. The highest BCUT2D eigenvalue weighted by molar-refractivity contribution is 7.90. The van der Waals surface area contributed by atoms with Gasteiger partial charge < -0.3 is 10.6 Å². The Kier molecular flexibility index (Phi) is 6.12. The minimum atomic E-state index is -3.46. The molecule has 1 amide bonds. The molecule has 1 heterocycles. The summed E-state index contributed by atoms with van der Waals surface area (Å²) in [7, 11) is -3.46. The van der Waals surface area contributed by atoms with Gasteiger partial charge in [0, 0.05) is 11.6 Å². The number of para-hydroxylation sites is 1. The van der Waals surface area contributed by atoms with E-state index in [0.29, 0.717) is 16.1 Å². The summed E-state index contributed by atoms with van der Waals surface area (Å²) in [5, 5.41) is 6.34. The van der Waals surface area contributed by atoms with Crippen molar-refractivity contribution in [1.29, 1.82) is 0 Å². The molecule has 1 saturated heterocycles. The van der Waals surface area contributed by atoms with Crippen LogP contribution in [-0.2, 0) is 20.4 Å². The maximum atomic E-state index is 12.8. The third-order valence-corrected chi connectivity index (χ3v) is 7.51. The molecule has 2 aromatic carbocycles. The maximum Gasteiger partial charge on any atom is 0.228 e. The van der Waals surface area contributed by atoms with E-state index in [1.165, 1.54) is 0 Å². The molecule has 1 atom stereocenters. The highest BCUT2D eigenvalue weighted by Crippen LogP contribution is 2.58. The third kappa shape index (κ3) is 4.24. The molecule has 28 heavy (non-hydrogen) atoms. The fourth-order valence-corrected chi connectivity index (χ4v) is 5.50. The minimum absolute atomic E-state index is 0. The summed E-state index contributed by atoms with van der Waals surface area (Å²) in [5.74, 6) is -0.0763. The van der Waals surface area contributed by atoms with E-state index in [2.05, 4.69) is 10.6 Å². The molecule has 0 aromatic heterocycles. The summed E-state index contributed by atoms with van der Waals surface area (Å²) in [5.41, 5.74) is 1.37. The van der Waals surface area contributed by atoms with Crippen molar-refractivity contribution in [3.63, 3.8) is 0 Å². The van der Waals surface area contributed by atoms with E-state index >= 15 is 0 Å². The number of hydrogen-bond acceptors (Lipinski definition) is 4. The van der Waals surface area contributed by atoms with Gasteiger partial charge in [-0.05, 0) is 61.5 Å². The van der Waals surface area contributed by atoms with Crippen LogP contribution in [0.1, 0.15) is 24.8 Å². The van der Waals surface area contributed by atoms with E-state index in [9.17, 15) is 13.2 Å². The van der Waals surface area contributed by atoms with Gasteiger partial charge in [-0.1, -0.05) is 36.4 Å². The first-order valence-corrected chi connectivity index (χ1v) is 11.0. The van der Waals surface area contributed by atoms with Crippen LogP contribution in [0, 0.1) is 11.3 Å². The lowest BCUT2D eigenvalue weighted by Crippen LogP contribution is -2.31. The number of benzene rings is 2. The zero-order valence-electron chi connectivity index (χ0n) is 15.6. The monoisotopic (exact) mass is 420 g/mol. The van der Waals surface area contributed by atoms with Gasteiger partial charge in [0.1, 0.15) is 0 Å². The van der Waals surface area contributed by atoms with Crippen LogP contribution < -0.4 is 10.6 Å². The molecule has 4 rings (SSSR count). The first-order chi connectivity index (χ1) is 13.0. The Morgan fingerprint density at radius 3 is 2.39 bits per heavy atom. The number of sulfone groups is 1. The molecule has 0 radical (unpaired) electrons. The summed E-state index contributed by atoms with van der Waals surface area (Å²) in [6.45, 7) is 1.94. The fraction of sp³-hybridized carbons (Fsp3) is 0.381. The minimum Gasteiger partial charge on any atom is -0.326 e. The van der Waals surface area contributed by atoms with Crippen molar-refractivity contribution in [2.24, 2.45) is 11.3 Å². The van der Waals surface area contributed by atoms with Gasteiger partial charge in [0.05, 0.1) is 10.6 Å². The average Bonchev–Trinajstić information content (AvgIpc) is 3.37. The third-order valence-electron chi connectivity index (χ3n) is 5.83. The first kappa shape index (κ1) is 20.8. The van der Waals surface area contributed by atoms with Crippen molar-refractivity contribution in [2.45, 2.75) is 29.9 Å². The highest BCUT2D eigenvalue weighted by atomic mass is 35.5. The molecule has 2 aliphatic rings. The second-order valence-electron chi connectivity index (χ2n) is 7.59. The molecule has 1 aliphatic carbocycles. The van der Waals surface area contributed by atoms with E-state index in [4.69, 9.17) is 0 Å². The number of carbonyl (C=O) groups excluding carboxylic acids is 1. The van der Waals surface area contributed by atoms with E-state index in [0.717, 1.165) is 32.4 Å². The Morgan fingerprint density at radius 1 is 1.04 bits per heavy atom. The number of rotatable bonds is 5. The predicted octanol–water partition coefficient (Wildman–Crippen LogP) is 3.41. The van der Waals surface area contributed by atoms with Crippen molar-refractivity contribution in [2.75, 3.05) is 18.4 Å². The number of amides is 1. The Balaban J connectivity index is 0.00000225. The first-order valence-electron chi connectivity index (χ1n) is 9.38. The molecule has 1 unspecified atom stereocenters. The van der Waals surface area contributed by atoms with Gasteiger partial charge in [-0.2, -0.15) is 0 Å². The number of carbonyl (C=O) groups is 1. The van der Waals surface area contributed by atoms with E-state index in [1.807, 2.05) is 6.07 Å². The Labute approximate surface area is 172 Å². The second kappa shape index (κ2) is 8.23. The molecule has 1 spiro atoms. The fourth-order valence-electron chi connectivity index (χ4n) is 4.10. The van der Waals surface area contributed by atoms with Crippen LogP contribution in [0.5, 0.6) is 0 Å². The Hall–Kier alpha value is -1.89. The van der Waals surface area contributed by atoms with Gasteiger partial charge in [-0.25, -0.2) is 8.42 Å². The number of nitrogens with one attached hydrogen (secondary N) is 2. The number of hydrogen-bond donors (Lipinski definition) is 2. The zero-order chi connectivity index (χ0) is 18.9. The van der Waals surface area contributed by atoms with Crippen LogP contribution in [0.3, 0.4) is 0 Å². The van der Waals surface area contributed by atoms with Gasteiger partial charge >= 0.3 is 0 Å². The smallest absolute Gasteiger partial charge is 0.228 e. The van der Waals surface area contributed by atoms with Gasteiger partial charge in [0.15, 0.2) is 9.84 Å². The van der Waals surface area contributed by atoms with Crippen LogP contribution in [0.2, 0.25) is 0 Å². The lowest BCUT2D eigenvalue weighted by molar-refractivity contribution is -0.118. The van der Waals surface area contributed by atoms with Gasteiger partial charge in [-0.3, -0.25) is 4.79 Å². The van der Waals surface area contributed by atoms with Crippen molar-refractivity contribution in [1.82, 2.24) is 5.32 Å². The number of halogens is 1. The summed E-state index contributed by atoms with van der Waals surface area (Å²) in [4.78, 5) is 13.0. The summed E-state index contributed by atoms with van der Waals surface area (Å²) >= 11 is 0. The van der Waals surface area contributed by atoms with Crippen LogP contribution >= 0.6 is 12.4 Å². The normalized spacial score (nSPS) is 20.2. The Bertz CT molecular complexity index is 941. The zero-order valence-corrected chi connectivity index (χ0v) is 17.2. The molecule has 2 N–H and O–H groups in total. The van der Waals surface area contributed by atoms with Crippen molar-refractivity contribution >= 4 is 33.8 Å². The SMILES string of the molecule is Cl.O=C(Nc1ccccc1CS(=O)(=O)c1ccccc1)C1CC12CCNCC2. The van der Waals surface area contributed by atoms with Crippen molar-refractivity contribution in [3.8, 4) is 0 Å². The molecule has 1 aliphatic heterocycles. The van der Waals surface area contributed by atoms with Crippen LogP contribution in [-0.4, -0.2) is 27.4 Å². The van der Waals surface area contributed by atoms with Crippen LogP contribution in [0.15, 0.2) is 59.5 Å². The molecule has 5 nitrogen and oxygen atoms in total. The molecule has 150 valence electrons.